The maximum Gasteiger partial charge on any atom is 0.227 e. The first-order valence-corrected chi connectivity index (χ1v) is 7.64. The van der Waals surface area contributed by atoms with Crippen molar-refractivity contribution in [2.75, 3.05) is 13.1 Å². The van der Waals surface area contributed by atoms with Crippen molar-refractivity contribution in [2.24, 2.45) is 5.73 Å². The number of benzene rings is 2. The monoisotopic (exact) mass is 282 g/mol. The molecule has 0 aliphatic carbocycles. The molecule has 1 aliphatic rings. The van der Waals surface area contributed by atoms with E-state index in [1.54, 1.807) is 0 Å². The average Bonchev–Trinajstić information content (AvgIpc) is 2.44. The Morgan fingerprint density at radius 2 is 1.90 bits per heavy atom. The molecule has 3 nitrogen and oxygen atoms in total. The summed E-state index contributed by atoms with van der Waals surface area (Å²) in [4.78, 5) is 14.2. The van der Waals surface area contributed by atoms with Gasteiger partial charge in [0, 0.05) is 13.1 Å². The lowest BCUT2D eigenvalue weighted by molar-refractivity contribution is -0.138. The van der Waals surface area contributed by atoms with E-state index < -0.39 is 0 Å². The first-order valence-electron chi connectivity index (χ1n) is 7.64. The summed E-state index contributed by atoms with van der Waals surface area (Å²) in [5.74, 6) is 0.183. The van der Waals surface area contributed by atoms with Crippen molar-refractivity contribution in [1.82, 2.24) is 4.90 Å². The zero-order valence-corrected chi connectivity index (χ0v) is 12.5. The van der Waals surface area contributed by atoms with Gasteiger partial charge in [-0.15, -0.1) is 0 Å². The van der Waals surface area contributed by atoms with Crippen LogP contribution < -0.4 is 5.73 Å². The Morgan fingerprint density at radius 1 is 1.19 bits per heavy atom. The highest BCUT2D eigenvalue weighted by atomic mass is 16.2. The van der Waals surface area contributed by atoms with Crippen LogP contribution in [0.1, 0.15) is 25.3 Å². The summed E-state index contributed by atoms with van der Waals surface area (Å²) in [5, 5.41) is 2.40. The van der Waals surface area contributed by atoms with Gasteiger partial charge in [0.1, 0.15) is 0 Å². The third-order valence-electron chi connectivity index (χ3n) is 4.28. The van der Waals surface area contributed by atoms with E-state index in [2.05, 4.69) is 31.2 Å². The lowest BCUT2D eigenvalue weighted by atomic mass is 9.86. The van der Waals surface area contributed by atoms with Gasteiger partial charge < -0.3 is 10.6 Å². The van der Waals surface area contributed by atoms with Crippen LogP contribution in [0.3, 0.4) is 0 Å². The third kappa shape index (κ3) is 2.93. The van der Waals surface area contributed by atoms with Crippen LogP contribution in [0.2, 0.25) is 0 Å². The molecule has 2 aromatic carbocycles. The van der Waals surface area contributed by atoms with Crippen LogP contribution >= 0.6 is 0 Å². The second-order valence-electron chi connectivity index (χ2n) is 6.22. The number of carbonyl (C=O) groups is 1. The van der Waals surface area contributed by atoms with E-state index in [4.69, 9.17) is 5.73 Å². The molecule has 1 amide bonds. The van der Waals surface area contributed by atoms with Crippen LogP contribution in [-0.2, 0) is 11.2 Å². The molecule has 0 atom stereocenters. The normalized spacial score (nSPS) is 16.8. The smallest absolute Gasteiger partial charge is 0.227 e. The molecule has 1 heterocycles. The summed E-state index contributed by atoms with van der Waals surface area (Å²) in [6.45, 7) is 3.54. The molecule has 1 fully saturated rings. The van der Waals surface area contributed by atoms with Gasteiger partial charge in [-0.25, -0.2) is 0 Å². The van der Waals surface area contributed by atoms with Crippen molar-refractivity contribution in [1.29, 1.82) is 0 Å². The Bertz CT molecular complexity index is 659. The number of hydrogen-bond donors (Lipinski definition) is 1. The molecule has 3 rings (SSSR count). The first-order chi connectivity index (χ1) is 10.1. The van der Waals surface area contributed by atoms with E-state index in [1.165, 1.54) is 10.8 Å². The molecule has 0 spiro atoms. The molecule has 2 N–H and O–H groups in total. The van der Waals surface area contributed by atoms with Crippen molar-refractivity contribution in [2.45, 2.75) is 31.7 Å². The van der Waals surface area contributed by atoms with E-state index in [9.17, 15) is 4.79 Å². The summed E-state index contributed by atoms with van der Waals surface area (Å²) in [7, 11) is 0. The van der Waals surface area contributed by atoms with Gasteiger partial charge in [0.05, 0.1) is 12.0 Å². The van der Waals surface area contributed by atoms with Crippen molar-refractivity contribution in [3.05, 3.63) is 48.0 Å². The number of amides is 1. The molecule has 21 heavy (non-hydrogen) atoms. The molecule has 0 unspecified atom stereocenters. The van der Waals surface area contributed by atoms with Crippen molar-refractivity contribution >= 4 is 16.7 Å². The largest absolute Gasteiger partial charge is 0.339 e. The standard InChI is InChI=1S/C18H22N2O/c1-2-9-18(19)12-20(13-18)17(21)11-14-7-8-15-5-3-4-6-16(15)10-14/h3-8,10H,2,9,11-13,19H2,1H3. The third-order valence-corrected chi connectivity index (χ3v) is 4.28. The average molecular weight is 282 g/mol. The number of nitrogens with zero attached hydrogens (tertiary/aromatic N) is 1. The highest BCUT2D eigenvalue weighted by molar-refractivity contribution is 5.85. The van der Waals surface area contributed by atoms with Crippen LogP contribution in [0.15, 0.2) is 42.5 Å². The maximum atomic E-state index is 12.3. The topological polar surface area (TPSA) is 46.3 Å². The predicted molar refractivity (Wildman–Crippen MR) is 86.1 cm³/mol. The molecular formula is C18H22N2O. The Morgan fingerprint density at radius 3 is 2.62 bits per heavy atom. The fourth-order valence-corrected chi connectivity index (χ4v) is 3.18. The molecular weight excluding hydrogens is 260 g/mol. The number of fused-ring (bicyclic) bond motifs is 1. The molecule has 1 saturated heterocycles. The lowest BCUT2D eigenvalue weighted by Crippen LogP contribution is -2.68. The summed E-state index contributed by atoms with van der Waals surface area (Å²) >= 11 is 0. The van der Waals surface area contributed by atoms with Gasteiger partial charge in [-0.05, 0) is 22.8 Å². The second-order valence-corrected chi connectivity index (χ2v) is 6.22. The van der Waals surface area contributed by atoms with E-state index in [0.29, 0.717) is 19.5 Å². The lowest BCUT2D eigenvalue weighted by Gasteiger charge is -2.48. The van der Waals surface area contributed by atoms with Gasteiger partial charge in [0.2, 0.25) is 5.91 Å². The Hall–Kier alpha value is -1.87. The number of nitrogens with two attached hydrogens (primary N) is 1. The molecule has 0 aromatic heterocycles. The fourth-order valence-electron chi connectivity index (χ4n) is 3.18. The van der Waals surface area contributed by atoms with Crippen LogP contribution in [0.5, 0.6) is 0 Å². The second kappa shape index (κ2) is 5.49. The molecule has 0 bridgehead atoms. The minimum Gasteiger partial charge on any atom is -0.339 e. The quantitative estimate of drug-likeness (QED) is 0.937. The Kier molecular flexibility index (Phi) is 3.68. The fraction of sp³-hybridized carbons (Fsp3) is 0.389. The Balaban J connectivity index is 1.65. The molecule has 1 aliphatic heterocycles. The molecule has 0 radical (unpaired) electrons. The summed E-state index contributed by atoms with van der Waals surface area (Å²) in [6.07, 6.45) is 2.53. The van der Waals surface area contributed by atoms with Crippen molar-refractivity contribution in [3.8, 4) is 0 Å². The van der Waals surface area contributed by atoms with Gasteiger partial charge in [0.15, 0.2) is 0 Å². The summed E-state index contributed by atoms with van der Waals surface area (Å²) in [5.41, 5.74) is 7.14. The van der Waals surface area contributed by atoms with E-state index in [-0.39, 0.29) is 11.4 Å². The zero-order valence-electron chi connectivity index (χ0n) is 12.5. The van der Waals surface area contributed by atoms with Gasteiger partial charge in [-0.1, -0.05) is 55.8 Å². The molecule has 3 heteroatoms. The van der Waals surface area contributed by atoms with E-state index >= 15 is 0 Å². The van der Waals surface area contributed by atoms with E-state index in [1.807, 2.05) is 23.1 Å². The summed E-state index contributed by atoms with van der Waals surface area (Å²) in [6, 6.07) is 14.5. The number of carbonyl (C=O) groups excluding carboxylic acids is 1. The summed E-state index contributed by atoms with van der Waals surface area (Å²) < 4.78 is 0. The van der Waals surface area contributed by atoms with Crippen molar-refractivity contribution in [3.63, 3.8) is 0 Å². The molecule has 110 valence electrons. The van der Waals surface area contributed by atoms with Crippen LogP contribution in [-0.4, -0.2) is 29.4 Å². The van der Waals surface area contributed by atoms with Gasteiger partial charge >= 0.3 is 0 Å². The zero-order chi connectivity index (χ0) is 14.9. The highest BCUT2D eigenvalue weighted by Crippen LogP contribution is 2.24. The Labute approximate surface area is 125 Å². The van der Waals surface area contributed by atoms with Crippen LogP contribution in [0.25, 0.3) is 10.8 Å². The molecule has 2 aromatic rings. The van der Waals surface area contributed by atoms with Gasteiger partial charge in [-0.2, -0.15) is 0 Å². The molecule has 0 saturated carbocycles. The van der Waals surface area contributed by atoms with E-state index in [0.717, 1.165) is 18.4 Å². The van der Waals surface area contributed by atoms with Crippen molar-refractivity contribution < 1.29 is 4.79 Å². The van der Waals surface area contributed by atoms with Gasteiger partial charge in [-0.3, -0.25) is 4.79 Å². The first kappa shape index (κ1) is 14.1. The SMILES string of the molecule is CCCC1(N)CN(C(=O)Cc2ccc3ccccc3c2)C1. The number of likely N-dealkylation sites (tertiary alicyclic amines) is 1. The van der Waals surface area contributed by atoms with Crippen LogP contribution in [0.4, 0.5) is 0 Å². The minimum absolute atomic E-state index is 0.145. The highest BCUT2D eigenvalue weighted by Gasteiger charge is 2.40. The van der Waals surface area contributed by atoms with Gasteiger partial charge in [0.25, 0.3) is 0 Å². The maximum absolute atomic E-state index is 12.3. The predicted octanol–water partition coefficient (Wildman–Crippen LogP) is 2.72. The minimum atomic E-state index is -0.145. The number of hydrogen-bond acceptors (Lipinski definition) is 2. The van der Waals surface area contributed by atoms with Crippen LogP contribution in [0, 0.1) is 0 Å². The number of rotatable bonds is 4.